The normalized spacial score (nSPS) is 18.5. The van der Waals surface area contributed by atoms with Gasteiger partial charge in [-0.25, -0.2) is 4.39 Å². The standard InChI is InChI=1S/C14H19FN4O2/c1-17-14(21)12-3-2-6-19(12)8-13(20)18-9-4-5-10(15)11(16)7-9/h4-5,7,12H,2-3,6,8,16H2,1H3,(H,17,21)(H,18,20). The van der Waals surface area contributed by atoms with Gasteiger partial charge in [-0.2, -0.15) is 0 Å². The molecule has 1 fully saturated rings. The molecule has 4 N–H and O–H groups in total. The van der Waals surface area contributed by atoms with Gasteiger partial charge in [-0.3, -0.25) is 14.5 Å². The lowest BCUT2D eigenvalue weighted by Gasteiger charge is -2.22. The largest absolute Gasteiger partial charge is 0.396 e. The summed E-state index contributed by atoms with van der Waals surface area (Å²) in [7, 11) is 1.58. The third-order valence-electron chi connectivity index (χ3n) is 3.54. The summed E-state index contributed by atoms with van der Waals surface area (Å²) in [5.41, 5.74) is 5.87. The van der Waals surface area contributed by atoms with Crippen LogP contribution in [-0.2, 0) is 9.59 Å². The summed E-state index contributed by atoms with van der Waals surface area (Å²) in [5.74, 6) is -0.852. The van der Waals surface area contributed by atoms with Gasteiger partial charge in [0.2, 0.25) is 11.8 Å². The van der Waals surface area contributed by atoms with Crippen LogP contribution < -0.4 is 16.4 Å². The highest BCUT2D eigenvalue weighted by molar-refractivity contribution is 5.93. The average molecular weight is 294 g/mol. The summed E-state index contributed by atoms with van der Waals surface area (Å²) >= 11 is 0. The quantitative estimate of drug-likeness (QED) is 0.708. The van der Waals surface area contributed by atoms with E-state index >= 15 is 0 Å². The van der Waals surface area contributed by atoms with Gasteiger partial charge < -0.3 is 16.4 Å². The lowest BCUT2D eigenvalue weighted by Crippen LogP contribution is -2.45. The van der Waals surface area contributed by atoms with E-state index in [0.717, 1.165) is 12.8 Å². The number of likely N-dealkylation sites (tertiary alicyclic amines) is 1. The predicted molar refractivity (Wildman–Crippen MR) is 78.1 cm³/mol. The van der Waals surface area contributed by atoms with E-state index in [1.54, 1.807) is 7.05 Å². The zero-order valence-corrected chi connectivity index (χ0v) is 11.9. The average Bonchev–Trinajstić information content (AvgIpc) is 2.90. The lowest BCUT2D eigenvalue weighted by molar-refractivity contribution is -0.126. The molecule has 2 rings (SSSR count). The summed E-state index contributed by atoms with van der Waals surface area (Å²) in [4.78, 5) is 25.5. The number of nitrogen functional groups attached to an aromatic ring is 1. The lowest BCUT2D eigenvalue weighted by atomic mass is 10.2. The van der Waals surface area contributed by atoms with Crippen molar-refractivity contribution in [3.05, 3.63) is 24.0 Å². The van der Waals surface area contributed by atoms with Crippen LogP contribution in [0.15, 0.2) is 18.2 Å². The Morgan fingerprint density at radius 1 is 1.48 bits per heavy atom. The molecule has 21 heavy (non-hydrogen) atoms. The number of rotatable bonds is 4. The number of benzene rings is 1. The van der Waals surface area contributed by atoms with Crippen molar-refractivity contribution in [3.8, 4) is 0 Å². The second kappa shape index (κ2) is 6.53. The van der Waals surface area contributed by atoms with Crippen LogP contribution in [0.2, 0.25) is 0 Å². The van der Waals surface area contributed by atoms with Gasteiger partial charge in [0, 0.05) is 12.7 Å². The molecule has 1 aliphatic heterocycles. The van der Waals surface area contributed by atoms with Gasteiger partial charge in [-0.1, -0.05) is 0 Å². The number of amides is 2. The van der Waals surface area contributed by atoms with E-state index in [4.69, 9.17) is 5.73 Å². The van der Waals surface area contributed by atoms with Crippen LogP contribution >= 0.6 is 0 Å². The molecule has 0 aliphatic carbocycles. The molecule has 1 aromatic carbocycles. The van der Waals surface area contributed by atoms with Crippen LogP contribution in [0.3, 0.4) is 0 Å². The minimum absolute atomic E-state index is 0.0165. The van der Waals surface area contributed by atoms with Gasteiger partial charge in [0.15, 0.2) is 0 Å². The topological polar surface area (TPSA) is 87.5 Å². The number of hydrogen-bond donors (Lipinski definition) is 3. The van der Waals surface area contributed by atoms with Crippen molar-refractivity contribution in [1.29, 1.82) is 0 Å². The van der Waals surface area contributed by atoms with Gasteiger partial charge in [-0.15, -0.1) is 0 Å². The van der Waals surface area contributed by atoms with Crippen LogP contribution in [0.4, 0.5) is 15.8 Å². The number of nitrogens with zero attached hydrogens (tertiary/aromatic N) is 1. The van der Waals surface area contributed by atoms with E-state index in [9.17, 15) is 14.0 Å². The number of nitrogens with two attached hydrogens (primary N) is 1. The Bertz CT molecular complexity index is 550. The first kappa shape index (κ1) is 15.2. The number of halogens is 1. The number of hydrogen-bond acceptors (Lipinski definition) is 4. The number of nitrogens with one attached hydrogen (secondary N) is 2. The second-order valence-corrected chi connectivity index (χ2v) is 5.03. The Kier molecular flexibility index (Phi) is 4.74. The summed E-state index contributed by atoms with van der Waals surface area (Å²) in [6.45, 7) is 0.826. The molecule has 114 valence electrons. The monoisotopic (exact) mass is 294 g/mol. The maximum absolute atomic E-state index is 13.1. The fraction of sp³-hybridized carbons (Fsp3) is 0.429. The van der Waals surface area contributed by atoms with Crippen molar-refractivity contribution in [1.82, 2.24) is 10.2 Å². The van der Waals surface area contributed by atoms with E-state index < -0.39 is 5.82 Å². The number of anilines is 2. The Labute approximate surface area is 122 Å². The Morgan fingerprint density at radius 3 is 2.90 bits per heavy atom. The molecule has 1 aliphatic rings. The van der Waals surface area contributed by atoms with Crippen molar-refractivity contribution < 1.29 is 14.0 Å². The van der Waals surface area contributed by atoms with E-state index in [1.165, 1.54) is 18.2 Å². The first-order valence-electron chi connectivity index (χ1n) is 6.82. The molecule has 0 spiro atoms. The first-order chi connectivity index (χ1) is 10.0. The van der Waals surface area contributed by atoms with E-state index in [2.05, 4.69) is 10.6 Å². The Hall–Kier alpha value is -2.15. The van der Waals surface area contributed by atoms with Crippen LogP contribution in [0, 0.1) is 5.82 Å². The zero-order chi connectivity index (χ0) is 15.4. The Morgan fingerprint density at radius 2 is 2.24 bits per heavy atom. The second-order valence-electron chi connectivity index (χ2n) is 5.03. The summed E-state index contributed by atoms with van der Waals surface area (Å²) in [6, 6.07) is 3.75. The van der Waals surface area contributed by atoms with Crippen LogP contribution in [0.1, 0.15) is 12.8 Å². The maximum atomic E-state index is 13.1. The number of carbonyl (C=O) groups excluding carboxylic acids is 2. The van der Waals surface area contributed by atoms with Crippen LogP contribution in [-0.4, -0.2) is 42.9 Å². The van der Waals surface area contributed by atoms with Gasteiger partial charge >= 0.3 is 0 Å². The van der Waals surface area contributed by atoms with E-state index in [1.807, 2.05) is 4.90 Å². The minimum Gasteiger partial charge on any atom is -0.396 e. The van der Waals surface area contributed by atoms with Crippen LogP contribution in [0.5, 0.6) is 0 Å². The molecule has 2 amide bonds. The third kappa shape index (κ3) is 3.69. The number of likely N-dealkylation sites (N-methyl/N-ethyl adjacent to an activating group) is 1. The van der Waals surface area contributed by atoms with Crippen molar-refractivity contribution >= 4 is 23.2 Å². The fourth-order valence-electron chi connectivity index (χ4n) is 2.49. The highest BCUT2D eigenvalue weighted by Crippen LogP contribution is 2.18. The molecule has 7 heteroatoms. The number of carbonyl (C=O) groups is 2. The summed E-state index contributed by atoms with van der Waals surface area (Å²) in [6.07, 6.45) is 1.63. The summed E-state index contributed by atoms with van der Waals surface area (Å²) < 4.78 is 13.1. The van der Waals surface area contributed by atoms with Crippen molar-refractivity contribution in [2.24, 2.45) is 0 Å². The molecule has 1 unspecified atom stereocenters. The molecule has 0 bridgehead atoms. The molecule has 6 nitrogen and oxygen atoms in total. The summed E-state index contributed by atoms with van der Waals surface area (Å²) in [5, 5.41) is 5.26. The Balaban J connectivity index is 1.95. The first-order valence-corrected chi connectivity index (χ1v) is 6.82. The van der Waals surface area contributed by atoms with E-state index in [0.29, 0.717) is 12.2 Å². The van der Waals surface area contributed by atoms with Gasteiger partial charge in [-0.05, 0) is 37.6 Å². The zero-order valence-electron chi connectivity index (χ0n) is 11.9. The highest BCUT2D eigenvalue weighted by Gasteiger charge is 2.31. The highest BCUT2D eigenvalue weighted by atomic mass is 19.1. The molecular formula is C14H19FN4O2. The molecule has 1 heterocycles. The third-order valence-corrected chi connectivity index (χ3v) is 3.54. The van der Waals surface area contributed by atoms with Gasteiger partial charge in [0.1, 0.15) is 5.82 Å². The molecular weight excluding hydrogens is 275 g/mol. The van der Waals surface area contributed by atoms with E-state index in [-0.39, 0.29) is 30.1 Å². The molecule has 1 saturated heterocycles. The molecule has 0 saturated carbocycles. The minimum atomic E-state index is -0.521. The van der Waals surface area contributed by atoms with Crippen LogP contribution in [0.25, 0.3) is 0 Å². The van der Waals surface area contributed by atoms with Crippen molar-refractivity contribution in [3.63, 3.8) is 0 Å². The fourth-order valence-corrected chi connectivity index (χ4v) is 2.49. The molecule has 0 aromatic heterocycles. The van der Waals surface area contributed by atoms with Gasteiger partial charge in [0.05, 0.1) is 18.3 Å². The van der Waals surface area contributed by atoms with Crippen molar-refractivity contribution in [2.75, 3.05) is 31.2 Å². The predicted octanol–water partition coefficient (Wildman–Crippen LogP) is 0.557. The smallest absolute Gasteiger partial charge is 0.238 e. The van der Waals surface area contributed by atoms with Gasteiger partial charge in [0.25, 0.3) is 0 Å². The maximum Gasteiger partial charge on any atom is 0.238 e. The molecule has 1 atom stereocenters. The molecule has 1 aromatic rings. The molecule has 0 radical (unpaired) electrons. The SMILES string of the molecule is CNC(=O)C1CCCN1CC(=O)Nc1ccc(F)c(N)c1. The van der Waals surface area contributed by atoms with Crippen molar-refractivity contribution in [2.45, 2.75) is 18.9 Å².